The van der Waals surface area contributed by atoms with E-state index in [0.29, 0.717) is 29.0 Å². The maximum absolute atomic E-state index is 14.8. The molecular formula is C20H20ClFN6O3. The van der Waals surface area contributed by atoms with Crippen LogP contribution in [0.3, 0.4) is 0 Å². The topological polar surface area (TPSA) is 101 Å². The number of fused-ring (bicyclic) bond motifs is 1. The first-order chi connectivity index (χ1) is 14.9. The molecule has 11 heteroatoms. The summed E-state index contributed by atoms with van der Waals surface area (Å²) in [6.07, 6.45) is 8.78. The standard InChI is InChI=1S/C20H20ClFN6O3/c1-26-9-23-18-17(26)19(29)27(10-24-18)8-16-25-28(20(30)31-16)13-6-14(15(22)7-13)11-2-4-12(21)5-3-11/h2,4-5,9-11,13-15H,3,6-8H2,1H3/t11?,13-,14+,15+/m0/s1. The van der Waals surface area contributed by atoms with Crippen LogP contribution in [0, 0.1) is 11.8 Å². The average Bonchev–Trinajstić information content (AvgIpc) is 3.42. The lowest BCUT2D eigenvalue weighted by Crippen LogP contribution is -2.23. The van der Waals surface area contributed by atoms with Gasteiger partial charge in [0.2, 0.25) is 5.89 Å². The highest BCUT2D eigenvalue weighted by Crippen LogP contribution is 2.43. The Morgan fingerprint density at radius 2 is 2.06 bits per heavy atom. The first kappa shape index (κ1) is 19.9. The van der Waals surface area contributed by atoms with Gasteiger partial charge in [-0.2, -0.15) is 4.68 Å². The SMILES string of the molecule is Cn1cnc2ncn(Cc3nn([C@@H]4C[C@@H](F)[C@@H](C5C=CC(Cl)=CC5)C4)c(=O)o3)c(=O)c21. The van der Waals surface area contributed by atoms with Crippen LogP contribution in [0.5, 0.6) is 0 Å². The van der Waals surface area contributed by atoms with Crippen molar-refractivity contribution in [1.29, 1.82) is 0 Å². The highest BCUT2D eigenvalue weighted by atomic mass is 35.5. The minimum absolute atomic E-state index is 0.0415. The zero-order valence-corrected chi connectivity index (χ0v) is 17.4. The Hall–Kier alpha value is -3.01. The molecule has 31 heavy (non-hydrogen) atoms. The summed E-state index contributed by atoms with van der Waals surface area (Å²) in [5.74, 6) is -0.757. The highest BCUT2D eigenvalue weighted by molar-refractivity contribution is 6.31. The maximum Gasteiger partial charge on any atom is 0.437 e. The van der Waals surface area contributed by atoms with Gasteiger partial charge in [0.1, 0.15) is 19.0 Å². The fourth-order valence-electron chi connectivity index (χ4n) is 4.52. The van der Waals surface area contributed by atoms with Crippen LogP contribution in [0.2, 0.25) is 0 Å². The van der Waals surface area contributed by atoms with Crippen molar-refractivity contribution in [2.45, 2.75) is 38.0 Å². The van der Waals surface area contributed by atoms with Gasteiger partial charge in [-0.25, -0.2) is 19.2 Å². The van der Waals surface area contributed by atoms with Crippen molar-refractivity contribution in [2.75, 3.05) is 0 Å². The Morgan fingerprint density at radius 3 is 2.84 bits per heavy atom. The second-order valence-corrected chi connectivity index (χ2v) is 8.50. The van der Waals surface area contributed by atoms with E-state index < -0.39 is 18.0 Å². The van der Waals surface area contributed by atoms with Gasteiger partial charge in [-0.05, 0) is 30.8 Å². The van der Waals surface area contributed by atoms with Crippen molar-refractivity contribution in [2.24, 2.45) is 18.9 Å². The molecule has 0 radical (unpaired) electrons. The molecule has 3 heterocycles. The zero-order valence-electron chi connectivity index (χ0n) is 16.7. The van der Waals surface area contributed by atoms with Gasteiger partial charge in [0.05, 0.1) is 12.4 Å². The molecule has 3 aromatic heterocycles. The molecule has 1 unspecified atom stereocenters. The predicted octanol–water partition coefficient (Wildman–Crippen LogP) is 2.32. The lowest BCUT2D eigenvalue weighted by Gasteiger charge is -2.23. The van der Waals surface area contributed by atoms with Crippen molar-refractivity contribution >= 4 is 22.8 Å². The number of allylic oxidation sites excluding steroid dienone is 4. The maximum atomic E-state index is 14.8. The Kier molecular flexibility index (Phi) is 4.88. The molecule has 1 fully saturated rings. The van der Waals surface area contributed by atoms with Crippen LogP contribution in [0.25, 0.3) is 11.2 Å². The molecule has 5 rings (SSSR count). The van der Waals surface area contributed by atoms with Gasteiger partial charge >= 0.3 is 5.76 Å². The molecule has 1 saturated carbocycles. The van der Waals surface area contributed by atoms with Crippen LogP contribution in [-0.2, 0) is 13.6 Å². The van der Waals surface area contributed by atoms with E-state index in [4.69, 9.17) is 16.0 Å². The number of aryl methyl sites for hydroxylation is 1. The fraction of sp³-hybridized carbons (Fsp3) is 0.450. The van der Waals surface area contributed by atoms with Gasteiger partial charge < -0.3 is 8.98 Å². The summed E-state index contributed by atoms with van der Waals surface area (Å²) in [6.45, 7) is -0.0565. The number of hydrogen-bond acceptors (Lipinski definition) is 6. The summed E-state index contributed by atoms with van der Waals surface area (Å²) in [5, 5.41) is 4.91. The number of aromatic nitrogens is 6. The Labute approximate surface area is 180 Å². The number of nitrogens with zero attached hydrogens (tertiary/aromatic N) is 6. The molecule has 0 spiro atoms. The third-order valence-electron chi connectivity index (χ3n) is 6.11. The second kappa shape index (κ2) is 7.60. The van der Waals surface area contributed by atoms with Gasteiger partial charge in [0.15, 0.2) is 11.2 Å². The van der Waals surface area contributed by atoms with Crippen molar-refractivity contribution in [1.82, 2.24) is 28.9 Å². The number of hydrogen-bond donors (Lipinski definition) is 0. The summed E-state index contributed by atoms with van der Waals surface area (Å²) < 4.78 is 24.1. The van der Waals surface area contributed by atoms with Crippen LogP contribution in [0.1, 0.15) is 31.2 Å². The van der Waals surface area contributed by atoms with E-state index in [9.17, 15) is 14.0 Å². The summed E-state index contributed by atoms with van der Waals surface area (Å²) >= 11 is 5.96. The summed E-state index contributed by atoms with van der Waals surface area (Å²) in [6, 6.07) is -0.394. The van der Waals surface area contributed by atoms with E-state index in [1.807, 2.05) is 12.2 Å². The summed E-state index contributed by atoms with van der Waals surface area (Å²) in [7, 11) is 1.70. The third-order valence-corrected chi connectivity index (χ3v) is 6.39. The van der Waals surface area contributed by atoms with E-state index >= 15 is 0 Å². The van der Waals surface area contributed by atoms with E-state index in [-0.39, 0.29) is 36.3 Å². The van der Waals surface area contributed by atoms with Gasteiger partial charge in [-0.1, -0.05) is 23.8 Å². The molecule has 0 amide bonds. The van der Waals surface area contributed by atoms with Crippen molar-refractivity contribution in [3.05, 3.63) is 62.7 Å². The minimum atomic E-state index is -1.05. The van der Waals surface area contributed by atoms with E-state index in [2.05, 4.69) is 15.1 Å². The molecule has 4 atom stereocenters. The Bertz CT molecular complexity index is 1320. The molecule has 162 valence electrons. The van der Waals surface area contributed by atoms with Crippen LogP contribution < -0.4 is 11.3 Å². The van der Waals surface area contributed by atoms with E-state index in [0.717, 1.165) is 0 Å². The van der Waals surface area contributed by atoms with Gasteiger partial charge in [-0.3, -0.25) is 9.36 Å². The Balaban J connectivity index is 1.36. The quantitative estimate of drug-likeness (QED) is 0.609. The molecule has 3 aromatic rings. The van der Waals surface area contributed by atoms with Crippen LogP contribution >= 0.6 is 11.6 Å². The van der Waals surface area contributed by atoms with E-state index in [1.165, 1.54) is 21.9 Å². The normalized spacial score (nSPS) is 26.0. The van der Waals surface area contributed by atoms with Crippen molar-refractivity contribution < 1.29 is 8.81 Å². The van der Waals surface area contributed by atoms with Crippen LogP contribution in [0.15, 0.2) is 49.9 Å². The average molecular weight is 447 g/mol. The molecule has 9 nitrogen and oxygen atoms in total. The lowest BCUT2D eigenvalue weighted by atomic mass is 9.85. The van der Waals surface area contributed by atoms with Gasteiger partial charge in [0, 0.05) is 18.5 Å². The monoisotopic (exact) mass is 446 g/mol. The largest absolute Gasteiger partial charge is 0.437 e. The smallest absolute Gasteiger partial charge is 0.390 e. The molecule has 0 bridgehead atoms. The number of rotatable bonds is 4. The van der Waals surface area contributed by atoms with Crippen LogP contribution in [-0.4, -0.2) is 35.1 Å². The Morgan fingerprint density at radius 1 is 1.26 bits per heavy atom. The molecule has 2 aliphatic carbocycles. The molecule has 0 N–H and O–H groups in total. The number of halogens is 2. The first-order valence-electron chi connectivity index (χ1n) is 10.0. The van der Waals surface area contributed by atoms with Crippen molar-refractivity contribution in [3.63, 3.8) is 0 Å². The third kappa shape index (κ3) is 3.54. The van der Waals surface area contributed by atoms with Gasteiger partial charge in [-0.15, -0.1) is 5.10 Å². The lowest BCUT2D eigenvalue weighted by molar-refractivity contribution is 0.219. The number of imidazole rings is 1. The van der Waals surface area contributed by atoms with Gasteiger partial charge in [0.25, 0.3) is 5.56 Å². The summed E-state index contributed by atoms with van der Waals surface area (Å²) in [4.78, 5) is 33.3. The predicted molar refractivity (Wildman–Crippen MR) is 110 cm³/mol. The highest BCUT2D eigenvalue weighted by Gasteiger charge is 2.40. The minimum Gasteiger partial charge on any atom is -0.390 e. The summed E-state index contributed by atoms with van der Waals surface area (Å²) in [5.41, 5.74) is 0.371. The molecule has 0 aliphatic heterocycles. The molecule has 0 aromatic carbocycles. The molecule has 2 aliphatic rings. The first-order valence-corrected chi connectivity index (χ1v) is 10.4. The number of alkyl halides is 1. The molecular weight excluding hydrogens is 427 g/mol. The fourth-order valence-corrected chi connectivity index (χ4v) is 4.68. The second-order valence-electron chi connectivity index (χ2n) is 8.06. The van der Waals surface area contributed by atoms with Crippen LogP contribution in [0.4, 0.5) is 4.39 Å². The zero-order chi connectivity index (χ0) is 21.7. The van der Waals surface area contributed by atoms with E-state index in [1.54, 1.807) is 17.7 Å². The molecule has 0 saturated heterocycles. The van der Waals surface area contributed by atoms with Crippen molar-refractivity contribution in [3.8, 4) is 0 Å².